The molecular formula is C32H35ClF3N9O4. The Balaban J connectivity index is 1.34. The summed E-state index contributed by atoms with van der Waals surface area (Å²) < 4.78 is 42.4. The van der Waals surface area contributed by atoms with Crippen LogP contribution < -0.4 is 15.8 Å². The molecule has 17 heteroatoms. The van der Waals surface area contributed by atoms with Gasteiger partial charge >= 0.3 is 6.18 Å². The second kappa shape index (κ2) is 13.6. The summed E-state index contributed by atoms with van der Waals surface area (Å²) in [5.74, 6) is -0.572. The Hall–Kier alpha value is -4.73. The second-order valence-corrected chi connectivity index (χ2v) is 12.6. The average Bonchev–Trinajstić information content (AvgIpc) is 3.54. The van der Waals surface area contributed by atoms with E-state index in [-0.39, 0.29) is 72.3 Å². The van der Waals surface area contributed by atoms with E-state index in [1.54, 1.807) is 16.4 Å². The van der Waals surface area contributed by atoms with E-state index < -0.39 is 29.1 Å². The summed E-state index contributed by atoms with van der Waals surface area (Å²) in [4.78, 5) is 56.9. The fourth-order valence-corrected chi connectivity index (χ4v) is 6.74. The van der Waals surface area contributed by atoms with E-state index in [0.29, 0.717) is 23.6 Å². The third kappa shape index (κ3) is 6.78. The quantitative estimate of drug-likeness (QED) is 0.282. The van der Waals surface area contributed by atoms with Crippen LogP contribution in [0.1, 0.15) is 78.2 Å². The zero-order valence-corrected chi connectivity index (χ0v) is 27.7. The molecular weight excluding hydrogens is 667 g/mol. The van der Waals surface area contributed by atoms with Crippen molar-refractivity contribution >= 4 is 40.6 Å². The van der Waals surface area contributed by atoms with E-state index in [0.717, 1.165) is 50.3 Å². The number of benzene rings is 1. The molecule has 260 valence electrons. The van der Waals surface area contributed by atoms with Crippen molar-refractivity contribution in [3.05, 3.63) is 68.4 Å². The molecule has 0 bridgehead atoms. The van der Waals surface area contributed by atoms with Crippen molar-refractivity contribution in [1.82, 2.24) is 34.0 Å². The molecule has 6 rings (SSSR count). The van der Waals surface area contributed by atoms with E-state index in [4.69, 9.17) is 16.6 Å². The Morgan fingerprint density at radius 2 is 1.80 bits per heavy atom. The summed E-state index contributed by atoms with van der Waals surface area (Å²) in [6.45, 7) is 4.06. The number of aromatic hydroxyl groups is 1. The van der Waals surface area contributed by atoms with E-state index in [1.807, 2.05) is 11.8 Å². The molecule has 4 heterocycles. The number of rotatable bonds is 7. The summed E-state index contributed by atoms with van der Waals surface area (Å²) in [5, 5.41) is 17.3. The van der Waals surface area contributed by atoms with Gasteiger partial charge in [0, 0.05) is 32.1 Å². The van der Waals surface area contributed by atoms with E-state index in [1.165, 1.54) is 10.8 Å². The number of piperazine rings is 1. The van der Waals surface area contributed by atoms with E-state index >= 15 is 0 Å². The van der Waals surface area contributed by atoms with Crippen molar-refractivity contribution in [3.8, 4) is 5.75 Å². The standard InChI is InChI=1S/C32H35ClF3N9O4/c1-3-23-26(42-11-13-43(14-12-42)29(48)25-27(47)18(2)37-17-38-25)30(49)45-31(40-28(41-45)19-7-5-4-6-8-19)44(23)16-24(46)39-22-10-9-20(15-21(22)33)32(34,35)36/h9-10,15,17,19,47H,3-8,11-14,16H2,1-2H3,(H,39,46). The molecule has 0 radical (unpaired) electrons. The Bertz CT molecular complexity index is 1970. The highest BCUT2D eigenvalue weighted by molar-refractivity contribution is 6.33. The van der Waals surface area contributed by atoms with Crippen molar-refractivity contribution in [2.45, 2.75) is 71.0 Å². The number of carbonyl (C=O) groups excluding carboxylic acids is 2. The SMILES string of the molecule is CCc1c(N2CCN(C(=O)c3ncnc(C)c3O)CC2)c(=O)n2nc(C3CCCCC3)nc2n1CC(=O)Nc1ccc(C(F)(F)F)cc1Cl. The van der Waals surface area contributed by atoms with Gasteiger partial charge in [0.05, 0.1) is 27.7 Å². The van der Waals surface area contributed by atoms with Crippen molar-refractivity contribution in [2.24, 2.45) is 0 Å². The topological polar surface area (TPSA) is 151 Å². The van der Waals surface area contributed by atoms with Gasteiger partial charge in [0.25, 0.3) is 11.5 Å². The second-order valence-electron chi connectivity index (χ2n) is 12.2. The minimum atomic E-state index is -4.60. The van der Waals surface area contributed by atoms with E-state index in [9.17, 15) is 32.7 Å². The van der Waals surface area contributed by atoms with Crippen molar-refractivity contribution in [3.63, 3.8) is 0 Å². The number of aromatic nitrogens is 6. The number of amides is 2. The maximum absolute atomic E-state index is 14.2. The minimum absolute atomic E-state index is 0.00470. The first-order valence-electron chi connectivity index (χ1n) is 16.1. The lowest BCUT2D eigenvalue weighted by atomic mass is 9.89. The van der Waals surface area contributed by atoms with Crippen LogP contribution in [-0.4, -0.2) is 77.1 Å². The van der Waals surface area contributed by atoms with Gasteiger partial charge < -0.3 is 24.8 Å². The lowest BCUT2D eigenvalue weighted by molar-refractivity contribution is -0.137. The third-order valence-corrected chi connectivity index (χ3v) is 9.42. The van der Waals surface area contributed by atoms with Crippen molar-refractivity contribution < 1.29 is 27.9 Å². The molecule has 0 atom stereocenters. The number of nitrogens with one attached hydrogen (secondary N) is 1. The van der Waals surface area contributed by atoms with Gasteiger partial charge in [-0.2, -0.15) is 22.7 Å². The van der Waals surface area contributed by atoms with Gasteiger partial charge in [0.15, 0.2) is 17.3 Å². The Kier molecular flexibility index (Phi) is 9.51. The zero-order chi connectivity index (χ0) is 35.0. The van der Waals surface area contributed by atoms with Gasteiger partial charge in [-0.25, -0.2) is 9.97 Å². The number of anilines is 2. The first kappa shape index (κ1) is 34.1. The molecule has 2 amide bonds. The summed E-state index contributed by atoms with van der Waals surface area (Å²) in [5.41, 5.74) is -0.349. The molecule has 0 unspecified atom stereocenters. The van der Waals surface area contributed by atoms with Crippen LogP contribution in [0.25, 0.3) is 5.78 Å². The summed E-state index contributed by atoms with van der Waals surface area (Å²) >= 11 is 6.12. The van der Waals surface area contributed by atoms with E-state index in [2.05, 4.69) is 20.4 Å². The summed E-state index contributed by atoms with van der Waals surface area (Å²) in [6, 6.07) is 2.68. The van der Waals surface area contributed by atoms with Gasteiger partial charge in [-0.15, -0.1) is 5.10 Å². The van der Waals surface area contributed by atoms with Crippen LogP contribution in [0.2, 0.25) is 5.02 Å². The maximum Gasteiger partial charge on any atom is 0.416 e. The number of aryl methyl sites for hydroxylation is 1. The first-order chi connectivity index (χ1) is 23.4. The van der Waals surface area contributed by atoms with Crippen LogP contribution in [0.5, 0.6) is 5.75 Å². The molecule has 1 saturated heterocycles. The molecule has 4 aromatic rings. The average molecular weight is 702 g/mol. The minimum Gasteiger partial charge on any atom is -0.504 e. The number of fused-ring (bicyclic) bond motifs is 1. The Morgan fingerprint density at radius 3 is 2.45 bits per heavy atom. The number of nitrogens with zero attached hydrogens (tertiary/aromatic N) is 8. The number of hydrogen-bond acceptors (Lipinski definition) is 9. The first-order valence-corrected chi connectivity index (χ1v) is 16.5. The summed E-state index contributed by atoms with van der Waals surface area (Å²) in [7, 11) is 0. The lowest BCUT2D eigenvalue weighted by Crippen LogP contribution is -2.51. The van der Waals surface area contributed by atoms with Crippen LogP contribution in [0.3, 0.4) is 0 Å². The maximum atomic E-state index is 14.2. The van der Waals surface area contributed by atoms with Crippen LogP contribution in [0, 0.1) is 6.92 Å². The number of carbonyl (C=O) groups is 2. The third-order valence-electron chi connectivity index (χ3n) is 9.11. The smallest absolute Gasteiger partial charge is 0.416 e. The number of alkyl halides is 3. The fourth-order valence-electron chi connectivity index (χ4n) is 6.51. The highest BCUT2D eigenvalue weighted by atomic mass is 35.5. The molecule has 1 aliphatic carbocycles. The predicted molar refractivity (Wildman–Crippen MR) is 174 cm³/mol. The highest BCUT2D eigenvalue weighted by Crippen LogP contribution is 2.34. The lowest BCUT2D eigenvalue weighted by Gasteiger charge is -2.36. The molecule has 0 spiro atoms. The van der Waals surface area contributed by atoms with Crippen LogP contribution in [-0.2, 0) is 23.9 Å². The van der Waals surface area contributed by atoms with Gasteiger partial charge in [-0.3, -0.25) is 14.4 Å². The molecule has 13 nitrogen and oxygen atoms in total. The monoisotopic (exact) mass is 701 g/mol. The van der Waals surface area contributed by atoms with Crippen LogP contribution in [0.4, 0.5) is 24.5 Å². The largest absolute Gasteiger partial charge is 0.504 e. The molecule has 1 aliphatic heterocycles. The van der Waals surface area contributed by atoms with Crippen LogP contribution in [0.15, 0.2) is 29.3 Å². The Morgan fingerprint density at radius 1 is 1.08 bits per heavy atom. The fraction of sp³-hybridized carbons (Fsp3) is 0.469. The zero-order valence-electron chi connectivity index (χ0n) is 26.9. The molecule has 2 aliphatic rings. The van der Waals surface area contributed by atoms with Gasteiger partial charge in [-0.05, 0) is 44.4 Å². The Labute approximate surface area is 283 Å². The van der Waals surface area contributed by atoms with Gasteiger partial charge in [0.2, 0.25) is 11.7 Å². The number of hydrogen-bond donors (Lipinski definition) is 2. The predicted octanol–water partition coefficient (Wildman–Crippen LogP) is 4.58. The molecule has 1 saturated carbocycles. The van der Waals surface area contributed by atoms with Crippen molar-refractivity contribution in [1.29, 1.82) is 0 Å². The van der Waals surface area contributed by atoms with Gasteiger partial charge in [-0.1, -0.05) is 37.8 Å². The van der Waals surface area contributed by atoms with Gasteiger partial charge in [0.1, 0.15) is 18.6 Å². The molecule has 1 aromatic carbocycles. The highest BCUT2D eigenvalue weighted by Gasteiger charge is 2.33. The molecule has 49 heavy (non-hydrogen) atoms. The van der Waals surface area contributed by atoms with Crippen LogP contribution >= 0.6 is 11.6 Å². The summed E-state index contributed by atoms with van der Waals surface area (Å²) in [6.07, 6.45) is 1.84. The molecule has 3 aromatic heterocycles. The molecule has 2 N–H and O–H groups in total. The normalized spacial score (nSPS) is 16.0. The van der Waals surface area contributed by atoms with Crippen molar-refractivity contribution in [2.75, 3.05) is 36.4 Å². The molecule has 2 fully saturated rings. The number of halogens is 4.